The Bertz CT molecular complexity index is 99.4. The van der Waals surface area contributed by atoms with E-state index in [1.807, 2.05) is 20.8 Å². The third kappa shape index (κ3) is 4.50. The first-order valence-electron chi connectivity index (χ1n) is 3.97. The van der Waals surface area contributed by atoms with Gasteiger partial charge in [0, 0.05) is 18.9 Å². The molecule has 0 fully saturated rings. The summed E-state index contributed by atoms with van der Waals surface area (Å²) in [5.74, 6) is 0. The minimum absolute atomic E-state index is 0.736. The monoisotopic (exact) mass is 143 g/mol. The first-order chi connectivity index (χ1) is 4.89. The molecule has 0 atom stereocenters. The summed E-state index contributed by atoms with van der Waals surface area (Å²) < 4.78 is 5.18. The van der Waals surface area contributed by atoms with Crippen molar-refractivity contribution in [2.45, 2.75) is 27.2 Å². The molecule has 0 aromatic carbocycles. The summed E-state index contributed by atoms with van der Waals surface area (Å²) in [7, 11) is 0. The molecule has 0 aromatic heterocycles. The third-order valence-corrected chi connectivity index (χ3v) is 1.14. The predicted octanol–water partition coefficient (Wildman–Crippen LogP) is 1.89. The van der Waals surface area contributed by atoms with Gasteiger partial charge >= 0.3 is 0 Å². The van der Waals surface area contributed by atoms with Crippen LogP contribution < -0.4 is 0 Å². The Labute approximate surface area is 63.3 Å². The molecule has 0 radical (unpaired) electrons. The van der Waals surface area contributed by atoms with Gasteiger partial charge in [-0.1, -0.05) is 13.8 Å². The van der Waals surface area contributed by atoms with Gasteiger partial charge in [-0.15, -0.1) is 0 Å². The van der Waals surface area contributed by atoms with Gasteiger partial charge < -0.3 is 4.74 Å². The van der Waals surface area contributed by atoms with Crippen molar-refractivity contribution in [2.75, 3.05) is 19.8 Å². The van der Waals surface area contributed by atoms with Crippen LogP contribution in [0.25, 0.3) is 0 Å². The Morgan fingerprint density at radius 1 is 1.40 bits per heavy atom. The van der Waals surface area contributed by atoms with Gasteiger partial charge in [-0.05, 0) is 13.3 Å². The van der Waals surface area contributed by atoms with Gasteiger partial charge in [0.15, 0.2) is 0 Å². The van der Waals surface area contributed by atoms with E-state index in [-0.39, 0.29) is 0 Å². The normalized spacial score (nSPS) is 18.1. The minimum atomic E-state index is 0.736. The van der Waals surface area contributed by atoms with E-state index < -0.39 is 0 Å². The molecule has 1 rings (SSSR count). The van der Waals surface area contributed by atoms with E-state index in [9.17, 15) is 0 Å². The molecule has 0 saturated carbocycles. The molecule has 1 aliphatic heterocycles. The molecular weight excluding hydrogens is 126 g/mol. The lowest BCUT2D eigenvalue weighted by Gasteiger charge is -1.93. The van der Waals surface area contributed by atoms with Gasteiger partial charge in [0.05, 0.1) is 6.61 Å². The lowest BCUT2D eigenvalue weighted by Crippen LogP contribution is -2.01. The van der Waals surface area contributed by atoms with Crippen LogP contribution in [-0.4, -0.2) is 25.5 Å². The molecule has 0 N–H and O–H groups in total. The van der Waals surface area contributed by atoms with E-state index in [1.54, 1.807) is 0 Å². The summed E-state index contributed by atoms with van der Waals surface area (Å²) in [6.45, 7) is 8.57. The van der Waals surface area contributed by atoms with E-state index in [1.165, 1.54) is 0 Å². The zero-order chi connectivity index (χ0) is 7.82. The van der Waals surface area contributed by atoms with Crippen LogP contribution in [0.2, 0.25) is 0 Å². The maximum atomic E-state index is 5.18. The summed E-state index contributed by atoms with van der Waals surface area (Å²) in [6, 6.07) is 0. The fourth-order valence-corrected chi connectivity index (χ4v) is 0.702. The van der Waals surface area contributed by atoms with Gasteiger partial charge in [0.2, 0.25) is 0 Å². The molecular formula is C8H17NO. The van der Waals surface area contributed by atoms with Crippen LogP contribution in [0.5, 0.6) is 0 Å². The Kier molecular flexibility index (Phi) is 6.50. The van der Waals surface area contributed by atoms with Crippen molar-refractivity contribution < 1.29 is 4.74 Å². The second-order valence-electron chi connectivity index (χ2n) is 2.02. The van der Waals surface area contributed by atoms with Crippen molar-refractivity contribution in [1.82, 2.24) is 0 Å². The molecule has 1 heterocycles. The molecule has 0 aromatic rings. The van der Waals surface area contributed by atoms with Crippen LogP contribution in [0.3, 0.4) is 0 Å². The summed E-state index contributed by atoms with van der Waals surface area (Å²) in [6.07, 6.45) is 1.08. The lowest BCUT2D eigenvalue weighted by molar-refractivity contribution is 0.175. The molecule has 0 spiro atoms. The Morgan fingerprint density at radius 3 is 2.80 bits per heavy atom. The van der Waals surface area contributed by atoms with Gasteiger partial charge in [-0.3, -0.25) is 4.99 Å². The topological polar surface area (TPSA) is 21.6 Å². The highest BCUT2D eigenvalue weighted by molar-refractivity contribution is 5.83. The zero-order valence-electron chi connectivity index (χ0n) is 7.18. The maximum Gasteiger partial charge on any atom is 0.0841 e. The molecule has 2 heteroatoms. The fourth-order valence-electron chi connectivity index (χ4n) is 0.702. The highest BCUT2D eigenvalue weighted by atomic mass is 16.5. The molecule has 0 saturated heterocycles. The molecule has 60 valence electrons. The zero-order valence-corrected chi connectivity index (χ0v) is 7.18. The second kappa shape index (κ2) is 6.75. The number of rotatable bonds is 0. The first-order valence-corrected chi connectivity index (χ1v) is 3.97. The van der Waals surface area contributed by atoms with Gasteiger partial charge in [-0.25, -0.2) is 0 Å². The molecule has 1 aliphatic rings. The van der Waals surface area contributed by atoms with E-state index in [4.69, 9.17) is 4.74 Å². The molecule has 0 unspecified atom stereocenters. The highest BCUT2D eigenvalue weighted by Crippen LogP contribution is 1.92. The van der Waals surface area contributed by atoms with Crippen molar-refractivity contribution in [1.29, 1.82) is 0 Å². The number of hydrogen-bond donors (Lipinski definition) is 0. The highest BCUT2D eigenvalue weighted by Gasteiger charge is 1.96. The van der Waals surface area contributed by atoms with E-state index in [2.05, 4.69) is 4.99 Å². The summed E-state index contributed by atoms with van der Waals surface area (Å²) in [5, 5.41) is 0. The SMILES string of the molecule is CC.CC1=NCCCOC1. The summed E-state index contributed by atoms with van der Waals surface area (Å²) in [5.41, 5.74) is 1.13. The van der Waals surface area contributed by atoms with Crippen LogP contribution in [0.15, 0.2) is 4.99 Å². The van der Waals surface area contributed by atoms with Crippen molar-refractivity contribution in [2.24, 2.45) is 4.99 Å². The average Bonchev–Trinajstić information content (AvgIpc) is 2.21. The molecule has 0 aliphatic carbocycles. The summed E-state index contributed by atoms with van der Waals surface area (Å²) >= 11 is 0. The molecule has 2 nitrogen and oxygen atoms in total. The van der Waals surface area contributed by atoms with Crippen molar-refractivity contribution in [3.63, 3.8) is 0 Å². The van der Waals surface area contributed by atoms with Crippen molar-refractivity contribution in [3.8, 4) is 0 Å². The largest absolute Gasteiger partial charge is 0.375 e. The Morgan fingerprint density at radius 2 is 2.10 bits per heavy atom. The fraction of sp³-hybridized carbons (Fsp3) is 0.875. The molecule has 10 heavy (non-hydrogen) atoms. The van der Waals surface area contributed by atoms with Gasteiger partial charge in [0.25, 0.3) is 0 Å². The van der Waals surface area contributed by atoms with Crippen LogP contribution in [0, 0.1) is 0 Å². The number of nitrogens with zero attached hydrogens (tertiary/aromatic N) is 1. The molecule has 0 bridgehead atoms. The second-order valence-corrected chi connectivity index (χ2v) is 2.02. The summed E-state index contributed by atoms with van der Waals surface area (Å²) in [4.78, 5) is 4.22. The number of ether oxygens (including phenoxy) is 1. The van der Waals surface area contributed by atoms with E-state index in [0.29, 0.717) is 0 Å². The standard InChI is InChI=1S/C6H11NO.C2H6/c1-6-5-8-4-2-3-7-6;1-2/h2-5H2,1H3;1-2H3. The minimum Gasteiger partial charge on any atom is -0.375 e. The lowest BCUT2D eigenvalue weighted by atomic mass is 10.4. The van der Waals surface area contributed by atoms with E-state index in [0.717, 1.165) is 31.9 Å². The van der Waals surface area contributed by atoms with Crippen LogP contribution in [0.4, 0.5) is 0 Å². The van der Waals surface area contributed by atoms with Crippen molar-refractivity contribution in [3.05, 3.63) is 0 Å². The van der Waals surface area contributed by atoms with Crippen molar-refractivity contribution >= 4 is 5.71 Å². The quantitative estimate of drug-likeness (QED) is 0.507. The van der Waals surface area contributed by atoms with Crippen LogP contribution in [0.1, 0.15) is 27.2 Å². The van der Waals surface area contributed by atoms with Crippen LogP contribution in [-0.2, 0) is 4.74 Å². The Balaban J connectivity index is 0.000000371. The van der Waals surface area contributed by atoms with E-state index >= 15 is 0 Å². The van der Waals surface area contributed by atoms with Crippen LogP contribution >= 0.6 is 0 Å². The first kappa shape index (κ1) is 9.63. The van der Waals surface area contributed by atoms with Gasteiger partial charge in [-0.2, -0.15) is 0 Å². The Hall–Kier alpha value is -0.370. The number of hydrogen-bond acceptors (Lipinski definition) is 2. The predicted molar refractivity (Wildman–Crippen MR) is 44.8 cm³/mol. The third-order valence-electron chi connectivity index (χ3n) is 1.14. The number of aliphatic imine (C=N–C) groups is 1. The molecule has 0 amide bonds. The average molecular weight is 143 g/mol. The maximum absolute atomic E-state index is 5.18. The van der Waals surface area contributed by atoms with Gasteiger partial charge in [0.1, 0.15) is 0 Å². The smallest absolute Gasteiger partial charge is 0.0841 e.